The van der Waals surface area contributed by atoms with Crippen LogP contribution in [0.1, 0.15) is 31.9 Å². The number of carbonyl (C=O) groups excluding carboxylic acids is 1. The molecule has 1 saturated carbocycles. The molecule has 4 rings (SSSR count). The zero-order valence-electron chi connectivity index (χ0n) is 19.6. The standard InChI is InChI=1S/C18H26N6O12P2/c25-11(26)6-37(30,31)36-38(32,33)34-5-10-13(27)14(28)17(35-10)24-8-21-12-15(19-7-20-16(12)24)23-18(29)22-9-3-1-2-4-9/h7-10,13-14,17,27-28H,1-6H2,(H,25,26)(H,30,31)(H,32,33)(H2,19,20,22,23,29)/t10-,13?,14+,17-/m1/s1. The Bertz CT molecular complexity index is 1290. The SMILES string of the molecule is O=C(O)CP(=O)(O)OP(=O)(O)OC[C@H]1O[C@@H](n2cnc3c(NC(=O)NC4CCCC4)ncnc32)[C@@H](O)C1O. The summed E-state index contributed by atoms with van der Waals surface area (Å²) < 4.78 is 39.1. The smallest absolute Gasteiger partial charge is 0.479 e. The summed E-state index contributed by atoms with van der Waals surface area (Å²) in [6, 6.07) is -0.406. The van der Waals surface area contributed by atoms with Gasteiger partial charge in [0.2, 0.25) is 0 Å². The van der Waals surface area contributed by atoms with Gasteiger partial charge in [0.25, 0.3) is 0 Å². The maximum atomic E-state index is 12.4. The van der Waals surface area contributed by atoms with E-state index in [4.69, 9.17) is 9.84 Å². The van der Waals surface area contributed by atoms with Gasteiger partial charge in [-0.1, -0.05) is 12.8 Å². The predicted molar refractivity (Wildman–Crippen MR) is 125 cm³/mol. The van der Waals surface area contributed by atoms with E-state index in [1.54, 1.807) is 0 Å². The third kappa shape index (κ3) is 6.72. The number of phosphoric acid groups is 1. The van der Waals surface area contributed by atoms with Crippen LogP contribution in [0.2, 0.25) is 0 Å². The zero-order valence-corrected chi connectivity index (χ0v) is 21.4. The second kappa shape index (κ2) is 11.3. The molecule has 3 heterocycles. The van der Waals surface area contributed by atoms with E-state index in [-0.39, 0.29) is 23.0 Å². The van der Waals surface area contributed by atoms with Gasteiger partial charge in [-0.05, 0) is 12.8 Å². The molecule has 7 N–H and O–H groups in total. The van der Waals surface area contributed by atoms with Crippen molar-refractivity contribution in [2.45, 2.75) is 56.3 Å². The van der Waals surface area contributed by atoms with Crippen LogP contribution in [0.25, 0.3) is 11.2 Å². The van der Waals surface area contributed by atoms with Crippen LogP contribution < -0.4 is 10.6 Å². The molecule has 3 unspecified atom stereocenters. The number of aliphatic hydroxyl groups excluding tert-OH is 2. The fourth-order valence-corrected chi connectivity index (χ4v) is 6.56. The van der Waals surface area contributed by atoms with Crippen molar-refractivity contribution in [3.8, 4) is 0 Å². The fraction of sp³-hybridized carbons (Fsp3) is 0.611. The van der Waals surface area contributed by atoms with E-state index in [2.05, 4.69) is 34.4 Å². The maximum Gasteiger partial charge on any atom is 0.479 e. The number of nitrogens with one attached hydrogen (secondary N) is 2. The van der Waals surface area contributed by atoms with Crippen molar-refractivity contribution < 1.29 is 57.4 Å². The highest BCUT2D eigenvalue weighted by molar-refractivity contribution is 7.64. The average molecular weight is 580 g/mol. The number of phosphoric ester groups is 1. The van der Waals surface area contributed by atoms with Crippen LogP contribution in [0, 0.1) is 0 Å². The van der Waals surface area contributed by atoms with Gasteiger partial charge < -0.3 is 35.2 Å². The number of anilines is 1. The highest BCUT2D eigenvalue weighted by atomic mass is 31.3. The molecule has 2 aromatic heterocycles. The number of imidazole rings is 1. The lowest BCUT2D eigenvalue weighted by Gasteiger charge is -2.19. The van der Waals surface area contributed by atoms with Crippen LogP contribution >= 0.6 is 15.4 Å². The third-order valence-electron chi connectivity index (χ3n) is 5.86. The average Bonchev–Trinajstić information content (AvgIpc) is 3.52. The molecule has 0 spiro atoms. The molecule has 20 heteroatoms. The van der Waals surface area contributed by atoms with Crippen LogP contribution in [0.5, 0.6) is 0 Å². The maximum absolute atomic E-state index is 12.4. The number of nitrogens with zero attached hydrogens (tertiary/aromatic N) is 4. The Morgan fingerprint density at radius 2 is 1.84 bits per heavy atom. The number of carbonyl (C=O) groups is 2. The molecule has 2 aliphatic rings. The molecular formula is C18H26N6O12P2. The zero-order chi connectivity index (χ0) is 27.7. The summed E-state index contributed by atoms with van der Waals surface area (Å²) in [4.78, 5) is 54.3. The van der Waals surface area contributed by atoms with Crippen LogP contribution in [0.15, 0.2) is 12.7 Å². The van der Waals surface area contributed by atoms with Gasteiger partial charge in [-0.15, -0.1) is 0 Å². The first kappa shape index (κ1) is 28.5. The number of aromatic nitrogens is 4. The lowest BCUT2D eigenvalue weighted by atomic mass is 10.1. The second-order valence-electron chi connectivity index (χ2n) is 8.71. The molecule has 6 atom stereocenters. The van der Waals surface area contributed by atoms with Crippen molar-refractivity contribution in [2.75, 3.05) is 18.1 Å². The second-order valence-corrected chi connectivity index (χ2v) is 12.1. The first-order valence-corrected chi connectivity index (χ1v) is 14.6. The van der Waals surface area contributed by atoms with Gasteiger partial charge in [-0.3, -0.25) is 23.8 Å². The number of carboxylic acid groups (broad SMARTS) is 1. The number of rotatable bonds is 10. The molecule has 2 aromatic rings. The predicted octanol–water partition coefficient (Wildman–Crippen LogP) is -0.0868. The summed E-state index contributed by atoms with van der Waals surface area (Å²) in [6.45, 7) is -0.884. The minimum atomic E-state index is -5.25. The number of hydrogen-bond donors (Lipinski definition) is 7. The Morgan fingerprint density at radius 1 is 1.13 bits per heavy atom. The van der Waals surface area contributed by atoms with Crippen molar-refractivity contribution in [2.24, 2.45) is 0 Å². The van der Waals surface area contributed by atoms with Crippen molar-refractivity contribution >= 4 is 44.4 Å². The summed E-state index contributed by atoms with van der Waals surface area (Å²) in [5.74, 6) is -1.66. The first-order valence-electron chi connectivity index (χ1n) is 11.3. The topological polar surface area (TPSA) is 265 Å². The van der Waals surface area contributed by atoms with Crippen LogP contribution in [0.4, 0.5) is 10.6 Å². The lowest BCUT2D eigenvalue weighted by molar-refractivity contribution is -0.134. The summed E-state index contributed by atoms with van der Waals surface area (Å²) in [6.07, 6.45) is -1.25. The highest BCUT2D eigenvalue weighted by Crippen LogP contribution is 2.59. The Labute approximate surface area is 214 Å². The lowest BCUT2D eigenvalue weighted by Crippen LogP contribution is -2.36. The molecule has 210 valence electrons. The molecule has 1 aliphatic heterocycles. The summed E-state index contributed by atoms with van der Waals surface area (Å²) >= 11 is 0. The minimum absolute atomic E-state index is 0.0636. The molecule has 1 saturated heterocycles. The number of amides is 2. The monoisotopic (exact) mass is 580 g/mol. The van der Waals surface area contributed by atoms with Crippen molar-refractivity contribution in [3.63, 3.8) is 0 Å². The van der Waals surface area contributed by atoms with Crippen molar-refractivity contribution in [1.82, 2.24) is 24.8 Å². The van der Waals surface area contributed by atoms with Gasteiger partial charge in [0.15, 0.2) is 23.2 Å². The van der Waals surface area contributed by atoms with Crippen molar-refractivity contribution in [3.05, 3.63) is 12.7 Å². The van der Waals surface area contributed by atoms with Gasteiger partial charge in [0.05, 0.1) is 12.9 Å². The highest BCUT2D eigenvalue weighted by Gasteiger charge is 2.46. The molecule has 2 fully saturated rings. The molecule has 2 amide bonds. The molecule has 38 heavy (non-hydrogen) atoms. The van der Waals surface area contributed by atoms with E-state index in [0.717, 1.165) is 32.0 Å². The Kier molecular flexibility index (Phi) is 8.46. The van der Waals surface area contributed by atoms with Crippen molar-refractivity contribution in [1.29, 1.82) is 0 Å². The van der Waals surface area contributed by atoms with E-state index in [0.29, 0.717) is 0 Å². The van der Waals surface area contributed by atoms with Crippen LogP contribution in [-0.2, 0) is 27.5 Å². The van der Waals surface area contributed by atoms with Gasteiger partial charge in [0, 0.05) is 6.04 Å². The molecule has 0 aromatic carbocycles. The summed E-state index contributed by atoms with van der Waals surface area (Å²) in [5, 5.41) is 34.9. The molecule has 1 aliphatic carbocycles. The minimum Gasteiger partial charge on any atom is -0.481 e. The van der Waals surface area contributed by atoms with Gasteiger partial charge in [0.1, 0.15) is 30.8 Å². The Hall–Kier alpha value is -2.53. The van der Waals surface area contributed by atoms with Crippen LogP contribution in [-0.4, -0.2) is 93.7 Å². The normalized spacial score (nSPS) is 27.2. The van der Waals surface area contributed by atoms with E-state index in [9.17, 15) is 38.7 Å². The van der Waals surface area contributed by atoms with E-state index in [1.807, 2.05) is 0 Å². The summed E-state index contributed by atoms with van der Waals surface area (Å²) in [7, 11) is -10.3. The van der Waals surface area contributed by atoms with Gasteiger partial charge >= 0.3 is 27.4 Å². The van der Waals surface area contributed by atoms with Crippen LogP contribution in [0.3, 0.4) is 0 Å². The van der Waals surface area contributed by atoms with E-state index >= 15 is 0 Å². The van der Waals surface area contributed by atoms with E-state index in [1.165, 1.54) is 10.9 Å². The number of fused-ring (bicyclic) bond motifs is 1. The fourth-order valence-electron chi connectivity index (χ4n) is 4.18. The number of hydrogen-bond acceptors (Lipinski definition) is 12. The molecule has 0 bridgehead atoms. The summed E-state index contributed by atoms with van der Waals surface area (Å²) in [5.41, 5.74) is 0.282. The molecule has 18 nitrogen and oxygen atoms in total. The number of urea groups is 1. The largest absolute Gasteiger partial charge is 0.481 e. The van der Waals surface area contributed by atoms with Gasteiger partial charge in [-0.25, -0.2) is 28.6 Å². The molecule has 0 radical (unpaired) electrons. The Morgan fingerprint density at radius 3 is 2.53 bits per heavy atom. The first-order chi connectivity index (χ1) is 17.8. The number of aliphatic hydroxyl groups is 2. The quantitative estimate of drug-likeness (QED) is 0.181. The molecular weight excluding hydrogens is 554 g/mol. The number of carboxylic acids is 1. The van der Waals surface area contributed by atoms with Gasteiger partial charge in [-0.2, -0.15) is 0 Å². The Balaban J connectivity index is 1.43. The van der Waals surface area contributed by atoms with E-state index < -0.39 is 64.7 Å². The number of ether oxygens (including phenoxy) is 1. The number of aliphatic carboxylic acids is 1. The third-order valence-corrected chi connectivity index (χ3v) is 8.85.